The molecule has 0 amide bonds. The van der Waals surface area contributed by atoms with Crippen molar-refractivity contribution in [2.45, 2.75) is 65.3 Å². The van der Waals surface area contributed by atoms with Gasteiger partial charge < -0.3 is 0 Å². The number of hydrogen-bond acceptors (Lipinski definition) is 1. The van der Waals surface area contributed by atoms with Crippen molar-refractivity contribution < 1.29 is 0 Å². The van der Waals surface area contributed by atoms with Crippen LogP contribution in [0.1, 0.15) is 58.9 Å². The zero-order valence-electron chi connectivity index (χ0n) is 13.6. The van der Waals surface area contributed by atoms with Gasteiger partial charge in [-0.2, -0.15) is 0 Å². The average molecular weight is 296 g/mol. The number of hydrogen-bond donors (Lipinski definition) is 0. The van der Waals surface area contributed by atoms with E-state index in [0.717, 1.165) is 11.4 Å². The van der Waals surface area contributed by atoms with Gasteiger partial charge in [-0.05, 0) is 63.9 Å². The van der Waals surface area contributed by atoms with E-state index in [1.54, 1.807) is 0 Å². The molecule has 0 heterocycles. The minimum atomic E-state index is 0.207. The molecule has 0 aliphatic carbocycles. The van der Waals surface area contributed by atoms with Gasteiger partial charge in [0.25, 0.3) is 0 Å². The van der Waals surface area contributed by atoms with Gasteiger partial charge in [-0.25, -0.2) is 0 Å². The summed E-state index contributed by atoms with van der Waals surface area (Å²) in [5.74, 6) is 0. The monoisotopic (exact) mass is 295 g/mol. The van der Waals surface area contributed by atoms with E-state index in [9.17, 15) is 0 Å². The summed E-state index contributed by atoms with van der Waals surface area (Å²) >= 11 is 5.97. The summed E-state index contributed by atoms with van der Waals surface area (Å²) in [6.45, 7) is 11.7. The lowest BCUT2D eigenvalue weighted by atomic mass is 9.92. The fourth-order valence-corrected chi connectivity index (χ4v) is 2.75. The molecular formula is C18H30ClN. The third kappa shape index (κ3) is 5.85. The van der Waals surface area contributed by atoms with Crippen molar-refractivity contribution in [2.24, 2.45) is 0 Å². The second kappa shape index (κ2) is 8.69. The van der Waals surface area contributed by atoms with Crippen molar-refractivity contribution in [3.63, 3.8) is 0 Å². The zero-order valence-corrected chi connectivity index (χ0v) is 14.3. The van der Waals surface area contributed by atoms with Gasteiger partial charge in [-0.15, -0.1) is 0 Å². The first-order valence-electron chi connectivity index (χ1n) is 7.99. The summed E-state index contributed by atoms with van der Waals surface area (Å²) in [5.41, 5.74) is 1.58. The van der Waals surface area contributed by atoms with Crippen molar-refractivity contribution in [2.75, 3.05) is 13.1 Å². The molecule has 20 heavy (non-hydrogen) atoms. The van der Waals surface area contributed by atoms with E-state index >= 15 is 0 Å². The molecule has 1 aromatic carbocycles. The van der Waals surface area contributed by atoms with E-state index in [4.69, 9.17) is 11.6 Å². The first-order chi connectivity index (χ1) is 9.49. The zero-order chi connectivity index (χ0) is 15.0. The first kappa shape index (κ1) is 17.5. The van der Waals surface area contributed by atoms with Gasteiger partial charge in [0.1, 0.15) is 0 Å². The lowest BCUT2D eigenvalue weighted by molar-refractivity contribution is 0.115. The fourth-order valence-electron chi connectivity index (χ4n) is 2.63. The maximum Gasteiger partial charge on any atom is 0.0406 e. The maximum absolute atomic E-state index is 5.97. The van der Waals surface area contributed by atoms with Crippen molar-refractivity contribution >= 4 is 11.6 Å². The molecule has 0 spiro atoms. The number of benzene rings is 1. The number of nitrogens with zero attached hydrogens (tertiary/aromatic N) is 1. The van der Waals surface area contributed by atoms with Gasteiger partial charge >= 0.3 is 0 Å². The van der Waals surface area contributed by atoms with E-state index in [0.29, 0.717) is 0 Å². The molecule has 0 aliphatic rings. The lowest BCUT2D eigenvalue weighted by Crippen LogP contribution is -2.46. The van der Waals surface area contributed by atoms with E-state index < -0.39 is 0 Å². The van der Waals surface area contributed by atoms with Crippen LogP contribution in [0.3, 0.4) is 0 Å². The molecule has 0 aromatic heterocycles. The third-order valence-corrected chi connectivity index (χ3v) is 4.22. The van der Waals surface area contributed by atoms with Gasteiger partial charge in [0.05, 0.1) is 0 Å². The maximum atomic E-state index is 5.97. The predicted molar refractivity (Wildman–Crippen MR) is 90.6 cm³/mol. The van der Waals surface area contributed by atoms with Crippen LogP contribution in [0.2, 0.25) is 5.02 Å². The average Bonchev–Trinajstić information content (AvgIpc) is 2.41. The Morgan fingerprint density at radius 1 is 0.950 bits per heavy atom. The molecule has 1 nitrogen and oxygen atoms in total. The van der Waals surface area contributed by atoms with Gasteiger partial charge in [-0.1, -0.05) is 50.4 Å². The highest BCUT2D eigenvalue weighted by Crippen LogP contribution is 2.23. The van der Waals surface area contributed by atoms with Crippen LogP contribution < -0.4 is 0 Å². The second-order valence-corrected chi connectivity index (χ2v) is 6.75. The number of rotatable bonds is 9. The Kier molecular flexibility index (Phi) is 7.61. The highest BCUT2D eigenvalue weighted by Gasteiger charge is 2.26. The van der Waals surface area contributed by atoms with E-state index in [2.05, 4.69) is 44.7 Å². The Bertz CT molecular complexity index is 362. The quantitative estimate of drug-likeness (QED) is 0.576. The highest BCUT2D eigenvalue weighted by atomic mass is 35.5. The minimum absolute atomic E-state index is 0.207. The Labute approximate surface area is 130 Å². The van der Waals surface area contributed by atoms with Gasteiger partial charge in [0.15, 0.2) is 0 Å². The smallest absolute Gasteiger partial charge is 0.0406 e. The van der Waals surface area contributed by atoms with Gasteiger partial charge in [0.2, 0.25) is 0 Å². The lowest BCUT2D eigenvalue weighted by Gasteiger charge is -2.39. The Balaban J connectivity index is 2.71. The van der Waals surface area contributed by atoms with Crippen LogP contribution >= 0.6 is 11.6 Å². The fraction of sp³-hybridized carbons (Fsp3) is 0.667. The van der Waals surface area contributed by atoms with Crippen molar-refractivity contribution in [3.8, 4) is 0 Å². The molecule has 1 rings (SSSR count). The van der Waals surface area contributed by atoms with Crippen LogP contribution in [-0.2, 0) is 6.42 Å². The molecule has 1 aromatic rings. The van der Waals surface area contributed by atoms with Crippen molar-refractivity contribution in [3.05, 3.63) is 34.9 Å². The molecule has 0 atom stereocenters. The molecule has 0 radical (unpaired) electrons. The van der Waals surface area contributed by atoms with Crippen LogP contribution in [0.15, 0.2) is 24.3 Å². The molecular weight excluding hydrogens is 266 g/mol. The van der Waals surface area contributed by atoms with Crippen LogP contribution in [0.25, 0.3) is 0 Å². The molecule has 0 bridgehead atoms. The Hall–Kier alpha value is -0.530. The number of halogens is 1. The molecule has 0 saturated heterocycles. The molecule has 0 fully saturated rings. The van der Waals surface area contributed by atoms with E-state index in [1.165, 1.54) is 44.3 Å². The molecule has 0 aliphatic heterocycles. The third-order valence-electron chi connectivity index (χ3n) is 3.97. The molecule has 0 N–H and O–H groups in total. The van der Waals surface area contributed by atoms with Crippen LogP contribution in [0.4, 0.5) is 0 Å². The first-order valence-corrected chi connectivity index (χ1v) is 8.37. The minimum Gasteiger partial charge on any atom is -0.298 e. The summed E-state index contributed by atoms with van der Waals surface area (Å²) < 4.78 is 0. The largest absolute Gasteiger partial charge is 0.298 e. The number of unbranched alkanes of at least 4 members (excludes halogenated alkanes) is 2. The standard InChI is InChI=1S/C18H30ClN/c1-5-7-13-20(14-8-6-2)18(3,4)15-16-9-11-17(19)12-10-16/h9-12H,5-8,13-15H2,1-4H3. The summed E-state index contributed by atoms with van der Waals surface area (Å²) in [6.07, 6.45) is 6.18. The normalized spacial score (nSPS) is 12.1. The highest BCUT2D eigenvalue weighted by molar-refractivity contribution is 6.30. The topological polar surface area (TPSA) is 3.24 Å². The molecule has 114 valence electrons. The molecule has 0 saturated carbocycles. The summed E-state index contributed by atoms with van der Waals surface area (Å²) in [4.78, 5) is 2.66. The summed E-state index contributed by atoms with van der Waals surface area (Å²) in [6, 6.07) is 8.30. The van der Waals surface area contributed by atoms with Crippen LogP contribution in [0, 0.1) is 0 Å². The van der Waals surface area contributed by atoms with E-state index in [1.807, 2.05) is 12.1 Å². The van der Waals surface area contributed by atoms with Crippen LogP contribution in [-0.4, -0.2) is 23.5 Å². The predicted octanol–water partition coefficient (Wildman–Crippen LogP) is 5.56. The van der Waals surface area contributed by atoms with Crippen LogP contribution in [0.5, 0.6) is 0 Å². The van der Waals surface area contributed by atoms with Gasteiger partial charge in [0, 0.05) is 10.6 Å². The van der Waals surface area contributed by atoms with Crippen molar-refractivity contribution in [1.29, 1.82) is 0 Å². The summed E-state index contributed by atoms with van der Waals surface area (Å²) in [5, 5.41) is 0.820. The Morgan fingerprint density at radius 3 is 1.90 bits per heavy atom. The Morgan fingerprint density at radius 2 is 1.45 bits per heavy atom. The SMILES string of the molecule is CCCCN(CCCC)C(C)(C)Cc1ccc(Cl)cc1. The van der Waals surface area contributed by atoms with Gasteiger partial charge in [-0.3, -0.25) is 4.90 Å². The van der Waals surface area contributed by atoms with E-state index in [-0.39, 0.29) is 5.54 Å². The second-order valence-electron chi connectivity index (χ2n) is 6.31. The van der Waals surface area contributed by atoms with Crippen molar-refractivity contribution in [1.82, 2.24) is 4.90 Å². The molecule has 0 unspecified atom stereocenters. The molecule has 2 heteroatoms. The summed E-state index contributed by atoms with van der Waals surface area (Å²) in [7, 11) is 0.